The average Bonchev–Trinajstić information content (AvgIpc) is 2.29. The zero-order valence-corrected chi connectivity index (χ0v) is 12.3. The zero-order chi connectivity index (χ0) is 13.8. The van der Waals surface area contributed by atoms with Crippen LogP contribution in [-0.4, -0.2) is 42.5 Å². The zero-order valence-electron chi connectivity index (χ0n) is 12.3. The Morgan fingerprint density at radius 3 is 2.67 bits per heavy atom. The highest BCUT2D eigenvalue weighted by Crippen LogP contribution is 2.22. The lowest BCUT2D eigenvalue weighted by Crippen LogP contribution is -2.55. The molecular formula is C14H29N3O. The third kappa shape index (κ3) is 4.25. The average molecular weight is 255 g/mol. The fourth-order valence-corrected chi connectivity index (χ4v) is 2.75. The summed E-state index contributed by atoms with van der Waals surface area (Å²) in [5.74, 6) is 0.00811. The molecule has 0 aromatic heterocycles. The van der Waals surface area contributed by atoms with Crippen molar-refractivity contribution in [1.82, 2.24) is 10.2 Å². The highest BCUT2D eigenvalue weighted by Gasteiger charge is 2.31. The van der Waals surface area contributed by atoms with Gasteiger partial charge in [0.15, 0.2) is 0 Å². The van der Waals surface area contributed by atoms with Gasteiger partial charge in [-0.1, -0.05) is 13.3 Å². The fraction of sp³-hybridized carbons (Fsp3) is 0.929. The Kier molecular flexibility index (Phi) is 5.60. The van der Waals surface area contributed by atoms with Gasteiger partial charge in [-0.3, -0.25) is 4.79 Å². The van der Waals surface area contributed by atoms with Gasteiger partial charge in [0.25, 0.3) is 0 Å². The van der Waals surface area contributed by atoms with E-state index in [0.29, 0.717) is 12.1 Å². The van der Waals surface area contributed by atoms with Gasteiger partial charge in [-0.25, -0.2) is 0 Å². The van der Waals surface area contributed by atoms with Crippen molar-refractivity contribution in [3.8, 4) is 0 Å². The smallest absolute Gasteiger partial charge is 0.240 e. The molecule has 18 heavy (non-hydrogen) atoms. The normalized spacial score (nSPS) is 27.9. The molecule has 0 aromatic carbocycles. The molecule has 3 unspecified atom stereocenters. The van der Waals surface area contributed by atoms with Crippen molar-refractivity contribution in [2.24, 2.45) is 5.73 Å². The van der Waals surface area contributed by atoms with Crippen LogP contribution in [0.2, 0.25) is 0 Å². The molecule has 1 amide bonds. The van der Waals surface area contributed by atoms with Crippen LogP contribution in [0.25, 0.3) is 0 Å². The summed E-state index contributed by atoms with van der Waals surface area (Å²) in [5.41, 5.74) is 5.34. The fourth-order valence-electron chi connectivity index (χ4n) is 2.75. The van der Waals surface area contributed by atoms with Crippen LogP contribution in [0.3, 0.4) is 0 Å². The largest absolute Gasteiger partial charge is 0.352 e. The molecule has 0 heterocycles. The van der Waals surface area contributed by atoms with E-state index in [2.05, 4.69) is 31.2 Å². The number of nitrogens with zero attached hydrogens (tertiary/aromatic N) is 1. The van der Waals surface area contributed by atoms with E-state index in [1.54, 1.807) is 0 Å². The van der Waals surface area contributed by atoms with Crippen LogP contribution < -0.4 is 11.1 Å². The Morgan fingerprint density at radius 1 is 1.44 bits per heavy atom. The summed E-state index contributed by atoms with van der Waals surface area (Å²) in [6, 6.07) is 0.873. The molecule has 1 fully saturated rings. The van der Waals surface area contributed by atoms with Gasteiger partial charge >= 0.3 is 0 Å². The molecule has 3 N–H and O–H groups in total. The molecule has 1 aliphatic carbocycles. The predicted octanol–water partition coefficient (Wildman–Crippen LogP) is 1.49. The van der Waals surface area contributed by atoms with E-state index in [-0.39, 0.29) is 5.91 Å². The molecule has 1 aliphatic rings. The quantitative estimate of drug-likeness (QED) is 0.782. The number of nitrogens with one attached hydrogen (secondary N) is 1. The molecule has 0 aliphatic heterocycles. The molecule has 0 bridgehead atoms. The van der Waals surface area contributed by atoms with Gasteiger partial charge in [-0.05, 0) is 53.1 Å². The van der Waals surface area contributed by atoms with Crippen molar-refractivity contribution in [2.45, 2.75) is 70.0 Å². The Balaban J connectivity index is 2.49. The number of rotatable bonds is 5. The van der Waals surface area contributed by atoms with E-state index in [4.69, 9.17) is 5.73 Å². The van der Waals surface area contributed by atoms with E-state index in [1.807, 2.05) is 6.92 Å². The summed E-state index contributed by atoms with van der Waals surface area (Å²) in [4.78, 5) is 14.4. The number of amides is 1. The van der Waals surface area contributed by atoms with Crippen LogP contribution in [0, 0.1) is 0 Å². The Hall–Kier alpha value is -0.610. The minimum absolute atomic E-state index is 0.00811. The Morgan fingerprint density at radius 2 is 2.11 bits per heavy atom. The molecule has 3 atom stereocenters. The van der Waals surface area contributed by atoms with Gasteiger partial charge in [-0.2, -0.15) is 0 Å². The van der Waals surface area contributed by atoms with Crippen LogP contribution in [-0.2, 0) is 4.79 Å². The van der Waals surface area contributed by atoms with Crippen LogP contribution in [0.15, 0.2) is 0 Å². The van der Waals surface area contributed by atoms with E-state index >= 15 is 0 Å². The lowest BCUT2D eigenvalue weighted by Gasteiger charge is -2.35. The number of carbonyl (C=O) groups excluding carboxylic acids is 1. The van der Waals surface area contributed by atoms with E-state index in [0.717, 1.165) is 25.7 Å². The highest BCUT2D eigenvalue weighted by atomic mass is 16.2. The monoisotopic (exact) mass is 255 g/mol. The first-order chi connectivity index (χ1) is 8.36. The van der Waals surface area contributed by atoms with Crippen LogP contribution in [0.5, 0.6) is 0 Å². The Labute approximate surface area is 111 Å². The van der Waals surface area contributed by atoms with Gasteiger partial charge in [0.2, 0.25) is 5.91 Å². The minimum atomic E-state index is -0.722. The molecule has 4 nitrogen and oxygen atoms in total. The SMILES string of the molecule is CCCC(C)(N)C(=O)NC1CCCC(N(C)C)C1. The van der Waals surface area contributed by atoms with Crippen LogP contribution in [0.1, 0.15) is 52.4 Å². The van der Waals surface area contributed by atoms with Crippen molar-refractivity contribution in [2.75, 3.05) is 14.1 Å². The third-order valence-electron chi connectivity index (χ3n) is 4.00. The molecule has 0 aromatic rings. The highest BCUT2D eigenvalue weighted by molar-refractivity contribution is 5.85. The molecule has 106 valence electrons. The van der Waals surface area contributed by atoms with Crippen molar-refractivity contribution in [3.05, 3.63) is 0 Å². The predicted molar refractivity (Wildman–Crippen MR) is 75.4 cm³/mol. The maximum absolute atomic E-state index is 12.1. The van der Waals surface area contributed by atoms with Gasteiger partial charge in [0, 0.05) is 12.1 Å². The summed E-state index contributed by atoms with van der Waals surface area (Å²) in [5, 5.41) is 3.14. The first-order valence-corrected chi connectivity index (χ1v) is 7.13. The van der Waals surface area contributed by atoms with E-state index < -0.39 is 5.54 Å². The molecule has 0 saturated heterocycles. The standard InChI is InChI=1S/C14H29N3O/c1-5-9-14(2,15)13(18)16-11-7-6-8-12(10-11)17(3)4/h11-12H,5-10,15H2,1-4H3,(H,16,18). The summed E-state index contributed by atoms with van der Waals surface area (Å²) in [6.45, 7) is 3.89. The maximum atomic E-state index is 12.1. The van der Waals surface area contributed by atoms with Crippen LogP contribution in [0.4, 0.5) is 0 Å². The van der Waals surface area contributed by atoms with Gasteiger partial charge in [0.05, 0.1) is 5.54 Å². The summed E-state index contributed by atoms with van der Waals surface area (Å²) >= 11 is 0. The molecule has 1 saturated carbocycles. The summed E-state index contributed by atoms with van der Waals surface area (Å²) < 4.78 is 0. The molecular weight excluding hydrogens is 226 g/mol. The van der Waals surface area contributed by atoms with Crippen molar-refractivity contribution in [3.63, 3.8) is 0 Å². The number of hydrogen-bond acceptors (Lipinski definition) is 3. The second-order valence-electron chi connectivity index (χ2n) is 6.12. The van der Waals surface area contributed by atoms with Gasteiger partial charge in [0.1, 0.15) is 0 Å². The number of carbonyl (C=O) groups is 1. The van der Waals surface area contributed by atoms with E-state index in [1.165, 1.54) is 12.8 Å². The second kappa shape index (κ2) is 6.53. The summed E-state index contributed by atoms with van der Waals surface area (Å²) in [6.07, 6.45) is 6.21. The van der Waals surface area contributed by atoms with E-state index in [9.17, 15) is 4.79 Å². The molecule has 0 radical (unpaired) electrons. The number of hydrogen-bond donors (Lipinski definition) is 2. The first kappa shape index (κ1) is 15.4. The lowest BCUT2D eigenvalue weighted by molar-refractivity contribution is -0.127. The van der Waals surface area contributed by atoms with Crippen molar-refractivity contribution < 1.29 is 4.79 Å². The van der Waals surface area contributed by atoms with Gasteiger partial charge < -0.3 is 16.0 Å². The molecule has 0 spiro atoms. The topological polar surface area (TPSA) is 58.4 Å². The van der Waals surface area contributed by atoms with Crippen LogP contribution >= 0.6 is 0 Å². The van der Waals surface area contributed by atoms with Crippen molar-refractivity contribution in [1.29, 1.82) is 0 Å². The summed E-state index contributed by atoms with van der Waals surface area (Å²) in [7, 11) is 4.22. The van der Waals surface area contributed by atoms with Crippen molar-refractivity contribution >= 4 is 5.91 Å². The minimum Gasteiger partial charge on any atom is -0.352 e. The number of nitrogens with two attached hydrogens (primary N) is 1. The molecule has 4 heteroatoms. The first-order valence-electron chi connectivity index (χ1n) is 7.13. The van der Waals surface area contributed by atoms with Gasteiger partial charge in [-0.15, -0.1) is 0 Å². The second-order valence-corrected chi connectivity index (χ2v) is 6.12. The maximum Gasteiger partial charge on any atom is 0.240 e. The molecule has 1 rings (SSSR count). The lowest BCUT2D eigenvalue weighted by atomic mass is 9.89. The third-order valence-corrected chi connectivity index (χ3v) is 4.00. The Bertz CT molecular complexity index is 276.